The molecule has 0 atom stereocenters. The van der Waals surface area contributed by atoms with Crippen LogP contribution in [0.2, 0.25) is 0 Å². The SMILES string of the molecule is Cc1cc(F)ccc1S(=O)(=O)Nc1ccc(NS(=O)(=O)c2ccc3c(c2)OCCCO3)cc1. The molecule has 0 fully saturated rings. The number of benzene rings is 3. The van der Waals surface area contributed by atoms with Gasteiger partial charge in [-0.25, -0.2) is 21.2 Å². The molecule has 8 nitrogen and oxygen atoms in total. The summed E-state index contributed by atoms with van der Waals surface area (Å²) in [4.78, 5) is -0.0496. The zero-order chi connectivity index (χ0) is 23.6. The predicted octanol–water partition coefficient (Wildman–Crippen LogP) is 3.90. The molecule has 0 radical (unpaired) electrons. The van der Waals surface area contributed by atoms with Crippen LogP contribution in [0.5, 0.6) is 11.5 Å². The molecular formula is C22H21FN2O6S2. The van der Waals surface area contributed by atoms with E-state index in [1.165, 1.54) is 49.4 Å². The number of sulfonamides is 2. The van der Waals surface area contributed by atoms with Crippen LogP contribution < -0.4 is 18.9 Å². The van der Waals surface area contributed by atoms with Crippen LogP contribution in [0.4, 0.5) is 15.8 Å². The Hall–Kier alpha value is -3.31. The monoisotopic (exact) mass is 492 g/mol. The van der Waals surface area contributed by atoms with E-state index in [1.807, 2.05) is 0 Å². The Morgan fingerprint density at radius 1 is 0.758 bits per heavy atom. The molecule has 0 aromatic heterocycles. The summed E-state index contributed by atoms with van der Waals surface area (Å²) in [6.07, 6.45) is 0.700. The smallest absolute Gasteiger partial charge is 0.262 e. The van der Waals surface area contributed by atoms with E-state index in [2.05, 4.69) is 9.44 Å². The first-order valence-electron chi connectivity index (χ1n) is 9.96. The fraction of sp³-hybridized carbons (Fsp3) is 0.182. The molecule has 2 N–H and O–H groups in total. The Morgan fingerprint density at radius 2 is 1.36 bits per heavy atom. The Labute approximate surface area is 191 Å². The summed E-state index contributed by atoms with van der Waals surface area (Å²) < 4.78 is 80.0. The van der Waals surface area contributed by atoms with E-state index in [-0.39, 0.29) is 26.7 Å². The fourth-order valence-corrected chi connectivity index (χ4v) is 5.62. The first kappa shape index (κ1) is 22.9. The minimum atomic E-state index is -3.94. The van der Waals surface area contributed by atoms with E-state index in [4.69, 9.17) is 9.47 Å². The Balaban J connectivity index is 1.50. The average molecular weight is 493 g/mol. The molecule has 0 bridgehead atoms. The number of aryl methyl sites for hydroxylation is 1. The van der Waals surface area contributed by atoms with Crippen LogP contribution in [0.15, 0.2) is 70.5 Å². The van der Waals surface area contributed by atoms with Gasteiger partial charge in [-0.3, -0.25) is 9.44 Å². The molecule has 1 aliphatic heterocycles. The van der Waals surface area contributed by atoms with Crippen LogP contribution in [0.1, 0.15) is 12.0 Å². The molecule has 1 heterocycles. The molecule has 4 rings (SSSR count). The molecule has 174 valence electrons. The molecule has 3 aromatic carbocycles. The molecule has 3 aromatic rings. The van der Waals surface area contributed by atoms with E-state index in [1.54, 1.807) is 6.07 Å². The molecule has 33 heavy (non-hydrogen) atoms. The highest BCUT2D eigenvalue weighted by molar-refractivity contribution is 7.93. The van der Waals surface area contributed by atoms with E-state index >= 15 is 0 Å². The van der Waals surface area contributed by atoms with Crippen molar-refractivity contribution in [3.63, 3.8) is 0 Å². The van der Waals surface area contributed by atoms with Crippen molar-refractivity contribution < 1.29 is 30.7 Å². The first-order valence-corrected chi connectivity index (χ1v) is 12.9. The van der Waals surface area contributed by atoms with Crippen LogP contribution in [-0.4, -0.2) is 30.0 Å². The first-order chi connectivity index (χ1) is 15.6. The molecular weight excluding hydrogens is 471 g/mol. The second-order valence-corrected chi connectivity index (χ2v) is 10.7. The van der Waals surface area contributed by atoms with E-state index < -0.39 is 25.9 Å². The fourth-order valence-electron chi connectivity index (χ4n) is 3.26. The van der Waals surface area contributed by atoms with Crippen molar-refractivity contribution in [3.8, 4) is 11.5 Å². The lowest BCUT2D eigenvalue weighted by Crippen LogP contribution is -2.15. The van der Waals surface area contributed by atoms with Gasteiger partial charge in [0.05, 0.1) is 23.0 Å². The Kier molecular flexibility index (Phi) is 6.17. The minimum absolute atomic E-state index is 0.00307. The second kappa shape index (κ2) is 8.91. The van der Waals surface area contributed by atoms with Crippen molar-refractivity contribution in [3.05, 3.63) is 72.0 Å². The maximum Gasteiger partial charge on any atom is 0.262 e. The number of nitrogens with one attached hydrogen (secondary N) is 2. The number of hydrogen-bond donors (Lipinski definition) is 2. The Morgan fingerprint density at radius 3 is 2.00 bits per heavy atom. The maximum absolute atomic E-state index is 13.3. The number of rotatable bonds is 6. The largest absolute Gasteiger partial charge is 0.490 e. The van der Waals surface area contributed by atoms with Gasteiger partial charge in [-0.05, 0) is 67.1 Å². The lowest BCUT2D eigenvalue weighted by molar-refractivity contribution is 0.297. The summed E-state index contributed by atoms with van der Waals surface area (Å²) in [6.45, 7) is 2.42. The van der Waals surface area contributed by atoms with Crippen LogP contribution >= 0.6 is 0 Å². The second-order valence-electron chi connectivity index (χ2n) is 7.36. The van der Waals surface area contributed by atoms with E-state index in [9.17, 15) is 21.2 Å². The molecule has 0 saturated carbocycles. The predicted molar refractivity (Wildman–Crippen MR) is 121 cm³/mol. The quantitative estimate of drug-likeness (QED) is 0.540. The van der Waals surface area contributed by atoms with Crippen molar-refractivity contribution in [2.45, 2.75) is 23.1 Å². The van der Waals surface area contributed by atoms with Crippen molar-refractivity contribution in [2.75, 3.05) is 22.7 Å². The van der Waals surface area contributed by atoms with Crippen molar-refractivity contribution >= 4 is 31.4 Å². The third-order valence-electron chi connectivity index (χ3n) is 4.85. The number of anilines is 2. The normalized spacial score (nSPS) is 13.8. The van der Waals surface area contributed by atoms with Gasteiger partial charge in [0.2, 0.25) is 0 Å². The molecule has 0 spiro atoms. The summed E-state index contributed by atoms with van der Waals surface area (Å²) >= 11 is 0. The van der Waals surface area contributed by atoms with Crippen LogP contribution in [0, 0.1) is 12.7 Å². The topological polar surface area (TPSA) is 111 Å². The van der Waals surface area contributed by atoms with E-state index in [0.29, 0.717) is 31.1 Å². The van der Waals surface area contributed by atoms with Gasteiger partial charge in [-0.15, -0.1) is 0 Å². The van der Waals surface area contributed by atoms with Gasteiger partial charge in [0, 0.05) is 23.9 Å². The molecule has 1 aliphatic rings. The maximum atomic E-state index is 13.3. The van der Waals surface area contributed by atoms with Crippen molar-refractivity contribution in [1.82, 2.24) is 0 Å². The highest BCUT2D eigenvalue weighted by Crippen LogP contribution is 2.32. The molecule has 0 unspecified atom stereocenters. The molecule has 0 aliphatic carbocycles. The van der Waals surface area contributed by atoms with Crippen LogP contribution in [0.3, 0.4) is 0 Å². The molecule has 0 amide bonds. The van der Waals surface area contributed by atoms with Crippen molar-refractivity contribution in [1.29, 1.82) is 0 Å². The summed E-state index contributed by atoms with van der Waals surface area (Å²) in [5.74, 6) is 0.312. The number of halogens is 1. The summed E-state index contributed by atoms with van der Waals surface area (Å²) in [7, 11) is -7.86. The lowest BCUT2D eigenvalue weighted by atomic mass is 10.2. The van der Waals surface area contributed by atoms with Crippen LogP contribution in [-0.2, 0) is 20.0 Å². The lowest BCUT2D eigenvalue weighted by Gasteiger charge is -2.13. The van der Waals surface area contributed by atoms with Crippen molar-refractivity contribution in [2.24, 2.45) is 0 Å². The zero-order valence-electron chi connectivity index (χ0n) is 17.5. The summed E-state index contributed by atoms with van der Waals surface area (Å²) in [5.41, 5.74) is 0.724. The third-order valence-corrected chi connectivity index (χ3v) is 7.77. The van der Waals surface area contributed by atoms with Crippen LogP contribution in [0.25, 0.3) is 0 Å². The standard InChI is InChI=1S/C22H21FN2O6S2/c1-15-13-16(23)3-10-22(15)33(28,29)25-18-6-4-17(5-7-18)24-32(26,27)19-8-9-20-21(14-19)31-12-2-11-30-20/h3-10,13-14,24-25H,2,11-12H2,1H3. The summed E-state index contributed by atoms with van der Waals surface area (Å²) in [5, 5.41) is 0. The highest BCUT2D eigenvalue weighted by Gasteiger charge is 2.20. The highest BCUT2D eigenvalue weighted by atomic mass is 32.2. The zero-order valence-corrected chi connectivity index (χ0v) is 19.2. The number of ether oxygens (including phenoxy) is 2. The van der Waals surface area contributed by atoms with Gasteiger partial charge in [0.15, 0.2) is 11.5 Å². The van der Waals surface area contributed by atoms with E-state index in [0.717, 1.165) is 12.1 Å². The van der Waals surface area contributed by atoms with Gasteiger partial charge in [-0.1, -0.05) is 0 Å². The van der Waals surface area contributed by atoms with Gasteiger partial charge in [0.25, 0.3) is 20.0 Å². The van der Waals surface area contributed by atoms with Gasteiger partial charge in [-0.2, -0.15) is 0 Å². The van der Waals surface area contributed by atoms with Gasteiger partial charge in [0.1, 0.15) is 5.82 Å². The molecule has 0 saturated heterocycles. The summed E-state index contributed by atoms with van der Waals surface area (Å²) in [6, 6.07) is 13.4. The Bertz CT molecular complexity index is 1390. The minimum Gasteiger partial charge on any atom is -0.490 e. The van der Waals surface area contributed by atoms with Gasteiger partial charge >= 0.3 is 0 Å². The third kappa shape index (κ3) is 5.20. The number of hydrogen-bond acceptors (Lipinski definition) is 6. The van der Waals surface area contributed by atoms with Gasteiger partial charge < -0.3 is 9.47 Å². The average Bonchev–Trinajstić information content (AvgIpc) is 2.99. The number of fused-ring (bicyclic) bond motifs is 1. The molecule has 11 heteroatoms.